The molecule has 1 fully saturated rings. The zero-order valence-corrected chi connectivity index (χ0v) is 9.29. The molecule has 0 amide bonds. The predicted molar refractivity (Wildman–Crippen MR) is 58.3 cm³/mol. The zero-order chi connectivity index (χ0) is 9.97. The van der Waals surface area contributed by atoms with E-state index >= 15 is 0 Å². The van der Waals surface area contributed by atoms with Crippen molar-refractivity contribution in [2.24, 2.45) is 5.92 Å². The SMILES string of the molecule is CCc1cnn(CC2CCC2)c1CC. The number of rotatable bonds is 4. The van der Waals surface area contributed by atoms with E-state index in [0.717, 1.165) is 25.3 Å². The van der Waals surface area contributed by atoms with Crippen LogP contribution in [0, 0.1) is 5.92 Å². The van der Waals surface area contributed by atoms with Crippen LogP contribution in [0.3, 0.4) is 0 Å². The molecule has 0 aromatic carbocycles. The van der Waals surface area contributed by atoms with Gasteiger partial charge < -0.3 is 0 Å². The molecule has 1 aliphatic carbocycles. The van der Waals surface area contributed by atoms with Crippen molar-refractivity contribution in [3.05, 3.63) is 17.5 Å². The maximum Gasteiger partial charge on any atom is 0.0524 e. The Kier molecular flexibility index (Phi) is 2.90. The molecule has 0 unspecified atom stereocenters. The molecule has 0 spiro atoms. The van der Waals surface area contributed by atoms with Crippen LogP contribution >= 0.6 is 0 Å². The van der Waals surface area contributed by atoms with Crippen LogP contribution in [0.5, 0.6) is 0 Å². The first-order valence-electron chi connectivity index (χ1n) is 5.88. The molecule has 1 heterocycles. The Balaban J connectivity index is 2.10. The fourth-order valence-electron chi connectivity index (χ4n) is 2.23. The molecule has 0 N–H and O–H groups in total. The summed E-state index contributed by atoms with van der Waals surface area (Å²) in [7, 11) is 0. The van der Waals surface area contributed by atoms with Crippen molar-refractivity contribution in [3.63, 3.8) is 0 Å². The molecule has 0 aliphatic heterocycles. The summed E-state index contributed by atoms with van der Waals surface area (Å²) in [5.74, 6) is 0.907. The summed E-state index contributed by atoms with van der Waals surface area (Å²) in [6.07, 6.45) is 8.53. The molecule has 0 saturated heterocycles. The summed E-state index contributed by atoms with van der Waals surface area (Å²) in [4.78, 5) is 0. The highest BCUT2D eigenvalue weighted by atomic mass is 15.3. The topological polar surface area (TPSA) is 17.8 Å². The third-order valence-corrected chi connectivity index (χ3v) is 3.41. The lowest BCUT2D eigenvalue weighted by Crippen LogP contribution is -2.20. The summed E-state index contributed by atoms with van der Waals surface area (Å²) in [6, 6.07) is 0. The van der Waals surface area contributed by atoms with E-state index in [1.807, 2.05) is 0 Å². The van der Waals surface area contributed by atoms with Crippen LogP contribution in [0.15, 0.2) is 6.20 Å². The minimum atomic E-state index is 0.907. The van der Waals surface area contributed by atoms with Gasteiger partial charge in [0.1, 0.15) is 0 Å². The van der Waals surface area contributed by atoms with Crippen LogP contribution in [-0.2, 0) is 19.4 Å². The maximum absolute atomic E-state index is 4.50. The van der Waals surface area contributed by atoms with Crippen molar-refractivity contribution >= 4 is 0 Å². The van der Waals surface area contributed by atoms with E-state index in [4.69, 9.17) is 0 Å². The van der Waals surface area contributed by atoms with E-state index in [9.17, 15) is 0 Å². The smallest absolute Gasteiger partial charge is 0.0524 e. The molecule has 1 aromatic rings. The maximum atomic E-state index is 4.50. The van der Waals surface area contributed by atoms with Crippen LogP contribution in [0.4, 0.5) is 0 Å². The molecule has 2 rings (SSSR count). The van der Waals surface area contributed by atoms with Crippen LogP contribution in [0.25, 0.3) is 0 Å². The summed E-state index contributed by atoms with van der Waals surface area (Å²) in [6.45, 7) is 5.60. The van der Waals surface area contributed by atoms with Crippen molar-refractivity contribution in [1.29, 1.82) is 0 Å². The van der Waals surface area contributed by atoms with Crippen molar-refractivity contribution in [1.82, 2.24) is 9.78 Å². The number of aromatic nitrogens is 2. The highest BCUT2D eigenvalue weighted by Gasteiger charge is 2.19. The quantitative estimate of drug-likeness (QED) is 0.717. The van der Waals surface area contributed by atoms with Crippen LogP contribution in [0.1, 0.15) is 44.4 Å². The second kappa shape index (κ2) is 4.16. The molecule has 0 atom stereocenters. The van der Waals surface area contributed by atoms with Gasteiger partial charge in [-0.3, -0.25) is 4.68 Å². The first kappa shape index (κ1) is 9.75. The average molecular weight is 192 g/mol. The summed E-state index contributed by atoms with van der Waals surface area (Å²) in [5, 5.41) is 4.50. The van der Waals surface area contributed by atoms with Gasteiger partial charge in [-0.15, -0.1) is 0 Å². The van der Waals surface area contributed by atoms with Crippen LogP contribution in [-0.4, -0.2) is 9.78 Å². The van der Waals surface area contributed by atoms with E-state index in [1.54, 1.807) is 0 Å². The molecular weight excluding hydrogens is 172 g/mol. The van der Waals surface area contributed by atoms with Gasteiger partial charge in [0.25, 0.3) is 0 Å². The van der Waals surface area contributed by atoms with Gasteiger partial charge in [-0.25, -0.2) is 0 Å². The molecule has 14 heavy (non-hydrogen) atoms. The lowest BCUT2D eigenvalue weighted by Gasteiger charge is -2.25. The average Bonchev–Trinajstić information content (AvgIpc) is 2.53. The second-order valence-electron chi connectivity index (χ2n) is 4.30. The fourth-order valence-corrected chi connectivity index (χ4v) is 2.23. The highest BCUT2D eigenvalue weighted by Crippen LogP contribution is 2.28. The molecule has 78 valence electrons. The van der Waals surface area contributed by atoms with Gasteiger partial charge in [-0.1, -0.05) is 20.3 Å². The largest absolute Gasteiger partial charge is 0.269 e. The Labute approximate surface area is 86.3 Å². The minimum Gasteiger partial charge on any atom is -0.269 e. The first-order valence-corrected chi connectivity index (χ1v) is 5.88. The molecule has 1 saturated carbocycles. The summed E-state index contributed by atoms with van der Waals surface area (Å²) >= 11 is 0. The highest BCUT2D eigenvalue weighted by molar-refractivity contribution is 5.17. The molecular formula is C12H20N2. The molecule has 1 aromatic heterocycles. The molecule has 2 heteroatoms. The fraction of sp³-hybridized carbons (Fsp3) is 0.750. The molecule has 2 nitrogen and oxygen atoms in total. The van der Waals surface area contributed by atoms with Gasteiger partial charge in [-0.2, -0.15) is 5.10 Å². The predicted octanol–water partition coefficient (Wildman–Crippen LogP) is 2.81. The van der Waals surface area contributed by atoms with Gasteiger partial charge in [-0.05, 0) is 37.2 Å². The number of aryl methyl sites for hydroxylation is 1. The van der Waals surface area contributed by atoms with Crippen molar-refractivity contribution < 1.29 is 0 Å². The monoisotopic (exact) mass is 192 g/mol. The van der Waals surface area contributed by atoms with Gasteiger partial charge in [0.2, 0.25) is 0 Å². The lowest BCUT2D eigenvalue weighted by molar-refractivity contribution is 0.263. The number of hydrogen-bond acceptors (Lipinski definition) is 1. The van der Waals surface area contributed by atoms with Crippen LogP contribution in [0.2, 0.25) is 0 Å². The van der Waals surface area contributed by atoms with Crippen LogP contribution < -0.4 is 0 Å². The summed E-state index contributed by atoms with van der Waals surface area (Å²) in [5.41, 5.74) is 2.89. The van der Waals surface area contributed by atoms with E-state index in [2.05, 4.69) is 29.8 Å². The minimum absolute atomic E-state index is 0.907. The van der Waals surface area contributed by atoms with Gasteiger partial charge in [0.15, 0.2) is 0 Å². The number of nitrogens with zero attached hydrogens (tertiary/aromatic N) is 2. The Morgan fingerprint density at radius 2 is 2.14 bits per heavy atom. The Morgan fingerprint density at radius 1 is 1.36 bits per heavy atom. The first-order chi connectivity index (χ1) is 6.85. The molecule has 0 bridgehead atoms. The third kappa shape index (κ3) is 1.70. The zero-order valence-electron chi connectivity index (χ0n) is 9.29. The van der Waals surface area contributed by atoms with E-state index < -0.39 is 0 Å². The Hall–Kier alpha value is -0.790. The Morgan fingerprint density at radius 3 is 2.64 bits per heavy atom. The number of hydrogen-bond donors (Lipinski definition) is 0. The summed E-state index contributed by atoms with van der Waals surface area (Å²) < 4.78 is 2.24. The van der Waals surface area contributed by atoms with Crippen molar-refractivity contribution in [2.45, 2.75) is 52.5 Å². The van der Waals surface area contributed by atoms with E-state index in [1.165, 1.54) is 30.5 Å². The van der Waals surface area contributed by atoms with Gasteiger partial charge in [0.05, 0.1) is 6.20 Å². The van der Waals surface area contributed by atoms with Crippen molar-refractivity contribution in [3.8, 4) is 0 Å². The lowest BCUT2D eigenvalue weighted by atomic mass is 9.85. The third-order valence-electron chi connectivity index (χ3n) is 3.41. The normalized spacial score (nSPS) is 17.0. The van der Waals surface area contributed by atoms with E-state index in [-0.39, 0.29) is 0 Å². The van der Waals surface area contributed by atoms with Gasteiger partial charge in [0, 0.05) is 12.2 Å². The Bertz CT molecular complexity index is 297. The molecule has 1 aliphatic rings. The second-order valence-corrected chi connectivity index (χ2v) is 4.30. The van der Waals surface area contributed by atoms with E-state index in [0.29, 0.717) is 0 Å². The standard InChI is InChI=1S/C12H20N2/c1-3-11-8-13-14(12(11)4-2)9-10-6-5-7-10/h8,10H,3-7,9H2,1-2H3. The molecule has 0 radical (unpaired) electrons. The van der Waals surface area contributed by atoms with Crippen molar-refractivity contribution in [2.75, 3.05) is 0 Å². The van der Waals surface area contributed by atoms with Gasteiger partial charge >= 0.3 is 0 Å².